The highest BCUT2D eigenvalue weighted by atomic mass is 14.3. The molecule has 0 fully saturated rings. The van der Waals surface area contributed by atoms with Crippen LogP contribution >= 0.6 is 0 Å². The average Bonchev–Trinajstić information content (AvgIpc) is 2.89. The van der Waals surface area contributed by atoms with Gasteiger partial charge in [0.2, 0.25) is 0 Å². The Balaban J connectivity index is 1.67. The average molecular weight is 421 g/mol. The van der Waals surface area contributed by atoms with Gasteiger partial charge in [0.1, 0.15) is 0 Å². The van der Waals surface area contributed by atoms with Crippen molar-refractivity contribution in [3.8, 4) is 0 Å². The summed E-state index contributed by atoms with van der Waals surface area (Å²) in [4.78, 5) is 0. The van der Waals surface area contributed by atoms with Crippen LogP contribution in [-0.2, 0) is 0 Å². The van der Waals surface area contributed by atoms with Crippen LogP contribution < -0.4 is 0 Å². The van der Waals surface area contributed by atoms with E-state index < -0.39 is 0 Å². The van der Waals surface area contributed by atoms with E-state index in [2.05, 4.69) is 127 Å². The molecule has 0 unspecified atom stereocenters. The zero-order valence-corrected chi connectivity index (χ0v) is 18.4. The lowest BCUT2D eigenvalue weighted by molar-refractivity contribution is 1.08. The molecule has 6 aromatic rings. The maximum Gasteiger partial charge on any atom is 0.0352 e. The maximum atomic E-state index is 4.74. The van der Waals surface area contributed by atoms with Crippen LogP contribution in [0.1, 0.15) is 22.6 Å². The lowest BCUT2D eigenvalue weighted by Crippen LogP contribution is -2.06. The van der Waals surface area contributed by atoms with Crippen LogP contribution in [0.5, 0.6) is 0 Å². The van der Waals surface area contributed by atoms with Crippen LogP contribution in [0, 0.1) is 0 Å². The minimum Gasteiger partial charge on any atom is -0.0942 e. The molecule has 0 atom stereocenters. The van der Waals surface area contributed by atoms with E-state index in [4.69, 9.17) is 6.58 Å². The van der Waals surface area contributed by atoms with E-state index in [1.54, 1.807) is 0 Å². The number of benzene rings is 6. The smallest absolute Gasteiger partial charge is 0.0352 e. The third-order valence-corrected chi connectivity index (χ3v) is 6.75. The summed E-state index contributed by atoms with van der Waals surface area (Å²) in [7, 11) is 0. The van der Waals surface area contributed by atoms with Crippen molar-refractivity contribution >= 4 is 37.9 Å². The van der Waals surface area contributed by atoms with Gasteiger partial charge in [-0.1, -0.05) is 134 Å². The Morgan fingerprint density at radius 2 is 0.818 bits per heavy atom. The fourth-order valence-electron chi connectivity index (χ4n) is 5.21. The molecule has 0 radical (unpaired) electrons. The van der Waals surface area contributed by atoms with E-state index in [1.807, 2.05) is 0 Å². The van der Waals surface area contributed by atoms with Crippen molar-refractivity contribution in [3.05, 3.63) is 151 Å². The predicted molar refractivity (Wildman–Crippen MR) is 143 cm³/mol. The Morgan fingerprint density at radius 3 is 1.36 bits per heavy atom. The van der Waals surface area contributed by atoms with Gasteiger partial charge in [-0.25, -0.2) is 0 Å². The molecule has 156 valence electrons. The highest BCUT2D eigenvalue weighted by Crippen LogP contribution is 2.43. The van der Waals surface area contributed by atoms with E-state index in [0.717, 1.165) is 5.57 Å². The van der Waals surface area contributed by atoms with Crippen molar-refractivity contribution in [1.29, 1.82) is 0 Å². The topological polar surface area (TPSA) is 0 Å². The van der Waals surface area contributed by atoms with Gasteiger partial charge in [-0.05, 0) is 54.6 Å². The number of rotatable bonds is 4. The summed E-state index contributed by atoms with van der Waals surface area (Å²) in [6, 6.07) is 45.8. The molecule has 0 bridgehead atoms. The monoisotopic (exact) mass is 420 g/mol. The molecule has 0 heterocycles. The van der Waals surface area contributed by atoms with Crippen molar-refractivity contribution in [2.24, 2.45) is 0 Å². The highest BCUT2D eigenvalue weighted by molar-refractivity contribution is 5.99. The Hall–Kier alpha value is -4.16. The highest BCUT2D eigenvalue weighted by Gasteiger charge is 2.23. The van der Waals surface area contributed by atoms with Crippen LogP contribution in [0.2, 0.25) is 0 Å². The van der Waals surface area contributed by atoms with Crippen molar-refractivity contribution in [1.82, 2.24) is 0 Å². The molecular formula is C33H24. The third kappa shape index (κ3) is 3.32. The molecule has 33 heavy (non-hydrogen) atoms. The van der Waals surface area contributed by atoms with Gasteiger partial charge in [0, 0.05) is 5.92 Å². The number of hydrogen-bond donors (Lipinski definition) is 0. The van der Waals surface area contributed by atoms with Gasteiger partial charge in [-0.2, -0.15) is 0 Å². The van der Waals surface area contributed by atoms with Gasteiger partial charge in [0.05, 0.1) is 0 Å². The normalized spacial score (nSPS) is 11.4. The summed E-state index contributed by atoms with van der Waals surface area (Å²) in [6.45, 7) is 4.74. The standard InChI is InChI=1S/C33H24/c1-23(27-20-8-14-24-11-2-5-17-28(24)27)33(31-21-9-15-25-12-3-6-18-29(25)31)32-22-10-16-26-13-4-7-19-30(26)32/h2-22,33H,1H2. The van der Waals surface area contributed by atoms with Crippen molar-refractivity contribution in [3.63, 3.8) is 0 Å². The zero-order chi connectivity index (χ0) is 22.2. The largest absolute Gasteiger partial charge is 0.0942 e. The Bertz CT molecular complexity index is 1540. The molecular weight excluding hydrogens is 396 g/mol. The molecule has 0 aromatic heterocycles. The van der Waals surface area contributed by atoms with Crippen molar-refractivity contribution in [2.45, 2.75) is 5.92 Å². The van der Waals surface area contributed by atoms with Gasteiger partial charge >= 0.3 is 0 Å². The molecule has 0 N–H and O–H groups in total. The number of fused-ring (bicyclic) bond motifs is 3. The van der Waals surface area contributed by atoms with Gasteiger partial charge < -0.3 is 0 Å². The van der Waals surface area contributed by atoms with Crippen LogP contribution in [-0.4, -0.2) is 0 Å². The first-order valence-electron chi connectivity index (χ1n) is 11.4. The van der Waals surface area contributed by atoms with Crippen molar-refractivity contribution < 1.29 is 0 Å². The first-order chi connectivity index (χ1) is 16.3. The van der Waals surface area contributed by atoms with E-state index >= 15 is 0 Å². The van der Waals surface area contributed by atoms with Crippen LogP contribution in [0.15, 0.2) is 134 Å². The lowest BCUT2D eigenvalue weighted by Gasteiger charge is -2.25. The first-order valence-corrected chi connectivity index (χ1v) is 11.4. The van der Waals surface area contributed by atoms with E-state index in [-0.39, 0.29) is 5.92 Å². The SMILES string of the molecule is C=C(c1cccc2ccccc12)C(c1cccc2ccccc12)c1cccc2ccccc12. The molecule has 6 rings (SSSR count). The Labute approximate surface area is 194 Å². The second-order valence-corrected chi connectivity index (χ2v) is 8.62. The summed E-state index contributed by atoms with van der Waals surface area (Å²) < 4.78 is 0. The molecule has 0 heteroatoms. The minimum atomic E-state index is 0.0352. The summed E-state index contributed by atoms with van der Waals surface area (Å²) in [5.41, 5.74) is 4.92. The number of hydrogen-bond acceptors (Lipinski definition) is 0. The summed E-state index contributed by atoms with van der Waals surface area (Å²) >= 11 is 0. The second kappa shape index (κ2) is 8.07. The van der Waals surface area contributed by atoms with E-state index in [1.165, 1.54) is 49.0 Å². The molecule has 6 aromatic carbocycles. The molecule has 0 spiro atoms. The molecule has 0 saturated heterocycles. The first kappa shape index (κ1) is 19.5. The van der Waals surface area contributed by atoms with E-state index in [9.17, 15) is 0 Å². The second-order valence-electron chi connectivity index (χ2n) is 8.62. The molecule has 0 aliphatic heterocycles. The van der Waals surface area contributed by atoms with Crippen LogP contribution in [0.25, 0.3) is 37.9 Å². The fourth-order valence-corrected chi connectivity index (χ4v) is 5.21. The lowest BCUT2D eigenvalue weighted by atomic mass is 9.78. The minimum absolute atomic E-state index is 0.0352. The molecule has 0 saturated carbocycles. The quantitative estimate of drug-likeness (QED) is 0.267. The summed E-state index contributed by atoms with van der Waals surface area (Å²) in [5.74, 6) is 0.0352. The summed E-state index contributed by atoms with van der Waals surface area (Å²) in [5, 5.41) is 7.55. The van der Waals surface area contributed by atoms with Gasteiger partial charge in [0.15, 0.2) is 0 Å². The van der Waals surface area contributed by atoms with Crippen LogP contribution in [0.3, 0.4) is 0 Å². The number of allylic oxidation sites excluding steroid dienone is 1. The van der Waals surface area contributed by atoms with Gasteiger partial charge in [-0.15, -0.1) is 0 Å². The maximum absolute atomic E-state index is 4.74. The molecule has 0 amide bonds. The van der Waals surface area contributed by atoms with Gasteiger partial charge in [0.25, 0.3) is 0 Å². The fraction of sp³-hybridized carbons (Fsp3) is 0.0303. The van der Waals surface area contributed by atoms with Crippen molar-refractivity contribution in [2.75, 3.05) is 0 Å². The van der Waals surface area contributed by atoms with Crippen LogP contribution in [0.4, 0.5) is 0 Å². The predicted octanol–water partition coefficient (Wildman–Crippen LogP) is 8.99. The Kier molecular flexibility index (Phi) is 4.78. The zero-order valence-electron chi connectivity index (χ0n) is 18.4. The molecule has 0 nitrogen and oxygen atoms in total. The molecule has 0 aliphatic rings. The van der Waals surface area contributed by atoms with Gasteiger partial charge in [-0.3, -0.25) is 0 Å². The third-order valence-electron chi connectivity index (χ3n) is 6.75. The van der Waals surface area contributed by atoms with E-state index in [0.29, 0.717) is 0 Å². The summed E-state index contributed by atoms with van der Waals surface area (Å²) in [6.07, 6.45) is 0. The Morgan fingerprint density at radius 1 is 0.424 bits per heavy atom. The molecule has 0 aliphatic carbocycles.